The molecule has 150 valence electrons. The van der Waals surface area contributed by atoms with Gasteiger partial charge in [-0.15, -0.1) is 0 Å². The van der Waals surface area contributed by atoms with Crippen LogP contribution in [0.3, 0.4) is 0 Å². The highest BCUT2D eigenvalue weighted by Crippen LogP contribution is 2.53. The molecule has 2 aromatic rings. The molecule has 1 aromatic heterocycles. The number of aryl methyl sites for hydroxylation is 1. The van der Waals surface area contributed by atoms with Crippen LogP contribution in [0.5, 0.6) is 0 Å². The lowest BCUT2D eigenvalue weighted by Gasteiger charge is -2.27. The molecule has 1 spiro atoms. The summed E-state index contributed by atoms with van der Waals surface area (Å²) in [6, 6.07) is 6.03. The minimum atomic E-state index is -0.822. The fraction of sp³-hybridized carbons (Fsp3) is 0.381. The topological polar surface area (TPSA) is 75.9 Å². The molecular formula is C21H20FN3O4. The molecule has 0 saturated carbocycles. The third-order valence-corrected chi connectivity index (χ3v) is 6.10. The highest BCUT2D eigenvalue weighted by atomic mass is 19.1. The quantitative estimate of drug-likeness (QED) is 0.739. The summed E-state index contributed by atoms with van der Waals surface area (Å²) in [6.07, 6.45) is 4.81. The standard InChI is InChI=1S/C21H20FN3O4/c1-12-9-13(22)3-4-15(12)25-11-21-7-5-16(29-21)17(18(21)20(25)27)19(26)24(2)10-14-6-8-28-23-14/h3-9,16-18H,10-11H2,1-2H3/t16-,17-,18+,21-/m0/s1. The van der Waals surface area contributed by atoms with Crippen LogP contribution in [0.2, 0.25) is 0 Å². The molecule has 2 amide bonds. The predicted molar refractivity (Wildman–Crippen MR) is 100 cm³/mol. The van der Waals surface area contributed by atoms with Gasteiger partial charge < -0.3 is 19.1 Å². The average Bonchev–Trinajstić information content (AvgIpc) is 3.44. The van der Waals surface area contributed by atoms with Gasteiger partial charge in [0.15, 0.2) is 0 Å². The van der Waals surface area contributed by atoms with Gasteiger partial charge >= 0.3 is 0 Å². The van der Waals surface area contributed by atoms with E-state index >= 15 is 0 Å². The zero-order chi connectivity index (χ0) is 20.3. The molecule has 1 aromatic carbocycles. The minimum Gasteiger partial charge on any atom is -0.364 e. The highest BCUT2D eigenvalue weighted by molar-refractivity contribution is 6.03. The zero-order valence-electron chi connectivity index (χ0n) is 16.0. The second-order valence-corrected chi connectivity index (χ2v) is 7.94. The van der Waals surface area contributed by atoms with E-state index in [2.05, 4.69) is 5.16 Å². The molecule has 0 radical (unpaired) electrons. The van der Waals surface area contributed by atoms with E-state index in [0.717, 1.165) is 0 Å². The van der Waals surface area contributed by atoms with E-state index in [4.69, 9.17) is 9.26 Å². The predicted octanol–water partition coefficient (Wildman–Crippen LogP) is 2.07. The Kier molecular flexibility index (Phi) is 3.89. The van der Waals surface area contributed by atoms with Crippen molar-refractivity contribution >= 4 is 17.5 Å². The normalized spacial score (nSPS) is 29.6. The van der Waals surface area contributed by atoms with Crippen molar-refractivity contribution in [3.8, 4) is 0 Å². The van der Waals surface area contributed by atoms with Crippen LogP contribution in [-0.4, -0.2) is 47.2 Å². The number of halogens is 1. The van der Waals surface area contributed by atoms with Crippen molar-refractivity contribution in [1.29, 1.82) is 0 Å². The maximum atomic E-state index is 13.5. The van der Waals surface area contributed by atoms with Crippen LogP contribution in [0.15, 0.2) is 47.2 Å². The summed E-state index contributed by atoms with van der Waals surface area (Å²) in [6.45, 7) is 2.36. The van der Waals surface area contributed by atoms with Crippen LogP contribution < -0.4 is 4.90 Å². The van der Waals surface area contributed by atoms with Gasteiger partial charge in [-0.2, -0.15) is 0 Å². The lowest BCUT2D eigenvalue weighted by atomic mass is 9.76. The molecule has 5 rings (SSSR count). The van der Waals surface area contributed by atoms with Crippen molar-refractivity contribution in [2.24, 2.45) is 11.8 Å². The van der Waals surface area contributed by atoms with E-state index in [0.29, 0.717) is 23.5 Å². The van der Waals surface area contributed by atoms with Crippen LogP contribution in [-0.2, 0) is 20.9 Å². The number of amides is 2. The van der Waals surface area contributed by atoms with Gasteiger partial charge in [-0.1, -0.05) is 17.3 Å². The van der Waals surface area contributed by atoms with Crippen molar-refractivity contribution < 1.29 is 23.2 Å². The lowest BCUT2D eigenvalue weighted by Crippen LogP contribution is -2.44. The Morgan fingerprint density at radius 3 is 2.97 bits per heavy atom. The molecule has 3 aliphatic heterocycles. The van der Waals surface area contributed by atoms with Crippen LogP contribution in [0.1, 0.15) is 11.3 Å². The van der Waals surface area contributed by atoms with Gasteiger partial charge in [0.05, 0.1) is 31.0 Å². The number of fused-ring (bicyclic) bond motifs is 1. The van der Waals surface area contributed by atoms with Crippen molar-refractivity contribution in [2.75, 3.05) is 18.5 Å². The van der Waals surface area contributed by atoms with Gasteiger partial charge in [0.2, 0.25) is 11.8 Å². The molecule has 4 atom stereocenters. The summed E-state index contributed by atoms with van der Waals surface area (Å²) in [7, 11) is 1.68. The molecule has 2 saturated heterocycles. The van der Waals surface area contributed by atoms with Crippen molar-refractivity contribution in [1.82, 2.24) is 10.1 Å². The number of hydrogen-bond donors (Lipinski definition) is 0. The van der Waals surface area contributed by atoms with Gasteiger partial charge in [0.25, 0.3) is 0 Å². The first kappa shape index (κ1) is 18.1. The monoisotopic (exact) mass is 397 g/mol. The Morgan fingerprint density at radius 2 is 2.24 bits per heavy atom. The number of carbonyl (C=O) groups excluding carboxylic acids is 2. The lowest BCUT2D eigenvalue weighted by molar-refractivity contribution is -0.139. The van der Waals surface area contributed by atoms with E-state index in [9.17, 15) is 14.0 Å². The third-order valence-electron chi connectivity index (χ3n) is 6.10. The number of benzene rings is 1. The van der Waals surface area contributed by atoms with Gasteiger partial charge in [0, 0.05) is 18.8 Å². The van der Waals surface area contributed by atoms with Gasteiger partial charge in [-0.05, 0) is 30.7 Å². The summed E-state index contributed by atoms with van der Waals surface area (Å²) in [4.78, 5) is 29.8. The molecule has 2 fully saturated rings. The second kappa shape index (κ2) is 6.25. The molecule has 4 heterocycles. The SMILES string of the molecule is Cc1cc(F)ccc1N1C[C@]23C=C[C@H](O2)[C@H](C(=O)N(C)Cc2ccon2)[C@@H]3C1=O. The van der Waals surface area contributed by atoms with E-state index in [1.54, 1.807) is 35.9 Å². The Balaban J connectivity index is 1.44. The minimum absolute atomic E-state index is 0.166. The Labute approximate surface area is 166 Å². The maximum absolute atomic E-state index is 13.5. The van der Waals surface area contributed by atoms with E-state index in [1.165, 1.54) is 18.4 Å². The van der Waals surface area contributed by atoms with Gasteiger partial charge in [-0.3, -0.25) is 9.59 Å². The number of carbonyl (C=O) groups is 2. The summed E-state index contributed by atoms with van der Waals surface area (Å²) >= 11 is 0. The first-order chi connectivity index (χ1) is 13.9. The van der Waals surface area contributed by atoms with Gasteiger partial charge in [-0.25, -0.2) is 4.39 Å². The van der Waals surface area contributed by atoms with Crippen LogP contribution in [0, 0.1) is 24.6 Å². The number of hydrogen-bond acceptors (Lipinski definition) is 5. The van der Waals surface area contributed by atoms with Crippen LogP contribution in [0.25, 0.3) is 0 Å². The summed E-state index contributed by atoms with van der Waals surface area (Å²) in [5, 5.41) is 3.84. The molecule has 0 aliphatic carbocycles. The van der Waals surface area contributed by atoms with Gasteiger partial charge in [0.1, 0.15) is 23.4 Å². The number of rotatable bonds is 4. The molecule has 3 aliphatic rings. The second-order valence-electron chi connectivity index (χ2n) is 7.94. The fourth-order valence-electron chi connectivity index (χ4n) is 4.80. The Morgan fingerprint density at radius 1 is 1.41 bits per heavy atom. The first-order valence-electron chi connectivity index (χ1n) is 9.48. The Bertz CT molecular complexity index is 1020. The number of anilines is 1. The molecule has 29 heavy (non-hydrogen) atoms. The maximum Gasteiger partial charge on any atom is 0.234 e. The van der Waals surface area contributed by atoms with E-state index in [1.807, 2.05) is 12.2 Å². The van der Waals surface area contributed by atoms with Crippen molar-refractivity contribution in [2.45, 2.75) is 25.2 Å². The summed E-state index contributed by atoms with van der Waals surface area (Å²) < 4.78 is 24.5. The van der Waals surface area contributed by atoms with E-state index in [-0.39, 0.29) is 24.2 Å². The molecular weight excluding hydrogens is 377 g/mol. The van der Waals surface area contributed by atoms with Crippen molar-refractivity contribution in [3.05, 3.63) is 59.8 Å². The average molecular weight is 397 g/mol. The Hall–Kier alpha value is -3.00. The van der Waals surface area contributed by atoms with Crippen molar-refractivity contribution in [3.63, 3.8) is 0 Å². The first-order valence-corrected chi connectivity index (χ1v) is 9.48. The highest BCUT2D eigenvalue weighted by Gasteiger charge is 2.67. The molecule has 2 bridgehead atoms. The number of aromatic nitrogens is 1. The molecule has 7 nitrogen and oxygen atoms in total. The largest absolute Gasteiger partial charge is 0.364 e. The van der Waals surface area contributed by atoms with E-state index < -0.39 is 23.5 Å². The van der Waals surface area contributed by atoms with Crippen LogP contribution >= 0.6 is 0 Å². The summed E-state index contributed by atoms with van der Waals surface area (Å²) in [5.41, 5.74) is 1.12. The summed E-state index contributed by atoms with van der Waals surface area (Å²) in [5.74, 6) is -1.89. The molecule has 0 N–H and O–H groups in total. The molecule has 8 heteroatoms. The van der Waals surface area contributed by atoms with Crippen LogP contribution in [0.4, 0.5) is 10.1 Å². The smallest absolute Gasteiger partial charge is 0.234 e. The third kappa shape index (κ3) is 2.62. The zero-order valence-corrected chi connectivity index (χ0v) is 16.0. The number of nitrogens with zero attached hydrogens (tertiary/aromatic N) is 3. The molecule has 0 unspecified atom stereocenters. The fourth-order valence-corrected chi connectivity index (χ4v) is 4.80. The number of ether oxygens (including phenoxy) is 1.